The van der Waals surface area contributed by atoms with Crippen molar-refractivity contribution in [3.05, 3.63) is 108 Å². The van der Waals surface area contributed by atoms with E-state index in [-0.39, 0.29) is 11.9 Å². The number of urea groups is 1. The molecular weight excluding hydrogens is 440 g/mol. The second kappa shape index (κ2) is 8.57. The van der Waals surface area contributed by atoms with Gasteiger partial charge in [-0.25, -0.2) is 4.79 Å². The highest BCUT2D eigenvalue weighted by Crippen LogP contribution is 2.33. The molecule has 0 aliphatic carbocycles. The molecule has 0 fully saturated rings. The molecule has 170 valence electrons. The molecule has 35 heavy (non-hydrogen) atoms. The quantitative estimate of drug-likeness (QED) is 0.449. The zero-order chi connectivity index (χ0) is 23.8. The Morgan fingerprint density at radius 1 is 0.914 bits per heavy atom. The molecule has 0 saturated heterocycles. The van der Waals surface area contributed by atoms with Crippen LogP contribution in [0.1, 0.15) is 28.2 Å². The van der Waals surface area contributed by atoms with Crippen LogP contribution in [0.2, 0.25) is 0 Å². The van der Waals surface area contributed by atoms with E-state index in [0.717, 1.165) is 33.2 Å². The summed E-state index contributed by atoms with van der Waals surface area (Å²) in [5.74, 6) is -0.850. The van der Waals surface area contributed by atoms with Gasteiger partial charge >= 0.3 is 6.03 Å². The van der Waals surface area contributed by atoms with E-state index in [1.54, 1.807) is 23.5 Å². The fourth-order valence-electron chi connectivity index (χ4n) is 4.49. The Kier molecular flexibility index (Phi) is 5.11. The van der Waals surface area contributed by atoms with Gasteiger partial charge in [0, 0.05) is 48.3 Å². The first kappa shape index (κ1) is 20.9. The molecule has 2 aliphatic rings. The molecule has 0 saturated carbocycles. The number of aromatic nitrogens is 2. The summed E-state index contributed by atoms with van der Waals surface area (Å²) >= 11 is 0. The number of nitrogens with zero attached hydrogens (tertiary/aromatic N) is 5. The highest BCUT2D eigenvalue weighted by molar-refractivity contribution is 5.96. The number of anilines is 1. The molecule has 3 amide bonds. The van der Waals surface area contributed by atoms with Crippen molar-refractivity contribution in [2.45, 2.75) is 19.0 Å². The van der Waals surface area contributed by atoms with E-state index >= 15 is 0 Å². The number of pyridine rings is 2. The molecule has 1 unspecified atom stereocenters. The number of nitrogens with one attached hydrogen (secondary N) is 1. The van der Waals surface area contributed by atoms with Gasteiger partial charge < -0.3 is 10.2 Å². The van der Waals surface area contributed by atoms with Crippen LogP contribution in [0.25, 0.3) is 16.6 Å². The number of amides is 3. The van der Waals surface area contributed by atoms with Crippen molar-refractivity contribution in [2.75, 3.05) is 5.32 Å². The minimum absolute atomic E-state index is 0.166. The lowest BCUT2D eigenvalue weighted by Gasteiger charge is -2.17. The minimum Gasteiger partial charge on any atom is -0.316 e. The van der Waals surface area contributed by atoms with Crippen molar-refractivity contribution >= 4 is 34.2 Å². The first-order chi connectivity index (χ1) is 17.2. The van der Waals surface area contributed by atoms with Gasteiger partial charge in [-0.05, 0) is 53.1 Å². The highest BCUT2D eigenvalue weighted by Gasteiger charge is 2.26. The fraction of sp³-hybridized carbons (Fsp3) is 0.111. The van der Waals surface area contributed by atoms with Gasteiger partial charge in [0.2, 0.25) is 0 Å². The number of rotatable bonds is 3. The lowest BCUT2D eigenvalue weighted by Crippen LogP contribution is -2.30. The molecule has 1 N–H and O–H groups in total. The molecule has 4 heterocycles. The SMILES string of the molecule is O=C1N=NC(c2ccc(NC(=O)N3Cc4ccncc4C3)cc2)=CC1c1cccc2ncccc12. The lowest BCUT2D eigenvalue weighted by molar-refractivity contribution is -0.118. The predicted molar refractivity (Wildman–Crippen MR) is 131 cm³/mol. The Hall–Kier alpha value is -4.72. The molecule has 2 aromatic heterocycles. The van der Waals surface area contributed by atoms with Gasteiger partial charge in [0.1, 0.15) is 0 Å². The van der Waals surface area contributed by atoms with Crippen molar-refractivity contribution in [1.82, 2.24) is 14.9 Å². The third-order valence-electron chi connectivity index (χ3n) is 6.31. The number of carbonyl (C=O) groups excluding carboxylic acids is 2. The molecule has 0 spiro atoms. The van der Waals surface area contributed by atoms with Crippen LogP contribution in [0, 0.1) is 0 Å². The van der Waals surface area contributed by atoms with E-state index in [0.29, 0.717) is 24.5 Å². The molecule has 1 atom stereocenters. The summed E-state index contributed by atoms with van der Waals surface area (Å²) in [5.41, 5.74) is 5.95. The first-order valence-corrected chi connectivity index (χ1v) is 11.2. The summed E-state index contributed by atoms with van der Waals surface area (Å²) in [6, 6.07) is 18.7. The van der Waals surface area contributed by atoms with Crippen LogP contribution in [-0.2, 0) is 17.9 Å². The van der Waals surface area contributed by atoms with Crippen LogP contribution in [-0.4, -0.2) is 26.8 Å². The minimum atomic E-state index is -0.541. The Bertz CT molecular complexity index is 1500. The van der Waals surface area contributed by atoms with Crippen LogP contribution in [0.3, 0.4) is 0 Å². The van der Waals surface area contributed by atoms with E-state index in [9.17, 15) is 9.59 Å². The van der Waals surface area contributed by atoms with Crippen LogP contribution < -0.4 is 5.32 Å². The van der Waals surface area contributed by atoms with Crippen molar-refractivity contribution < 1.29 is 9.59 Å². The molecular formula is C27H20N6O2. The van der Waals surface area contributed by atoms with Gasteiger partial charge in [-0.3, -0.25) is 14.8 Å². The number of hydrogen-bond acceptors (Lipinski definition) is 5. The zero-order valence-electron chi connectivity index (χ0n) is 18.6. The maximum atomic E-state index is 12.7. The van der Waals surface area contributed by atoms with E-state index in [1.165, 1.54) is 0 Å². The second-order valence-corrected chi connectivity index (χ2v) is 8.49. The smallest absolute Gasteiger partial charge is 0.316 e. The van der Waals surface area contributed by atoms with Crippen molar-refractivity contribution in [1.29, 1.82) is 0 Å². The van der Waals surface area contributed by atoms with Gasteiger partial charge in [-0.15, -0.1) is 10.2 Å². The van der Waals surface area contributed by atoms with E-state index in [2.05, 4.69) is 25.5 Å². The lowest BCUT2D eigenvalue weighted by atomic mass is 9.92. The van der Waals surface area contributed by atoms with Crippen LogP contribution in [0.4, 0.5) is 10.5 Å². The summed E-state index contributed by atoms with van der Waals surface area (Å²) in [5, 5.41) is 11.9. The normalized spacial score (nSPS) is 16.8. The van der Waals surface area contributed by atoms with Crippen molar-refractivity contribution in [2.24, 2.45) is 10.2 Å². The highest BCUT2D eigenvalue weighted by atomic mass is 16.2. The molecule has 8 nitrogen and oxygen atoms in total. The van der Waals surface area contributed by atoms with E-state index in [1.807, 2.05) is 66.7 Å². The third-order valence-corrected chi connectivity index (χ3v) is 6.31. The fourth-order valence-corrected chi connectivity index (χ4v) is 4.49. The summed E-state index contributed by atoms with van der Waals surface area (Å²) < 4.78 is 0. The Labute approximate surface area is 201 Å². The number of carbonyl (C=O) groups is 2. The van der Waals surface area contributed by atoms with Crippen molar-refractivity contribution in [3.8, 4) is 0 Å². The van der Waals surface area contributed by atoms with Gasteiger partial charge in [-0.2, -0.15) is 0 Å². The van der Waals surface area contributed by atoms with Crippen LogP contribution in [0.5, 0.6) is 0 Å². The number of fused-ring (bicyclic) bond motifs is 2. The third kappa shape index (κ3) is 3.95. The molecule has 8 heteroatoms. The van der Waals surface area contributed by atoms with Gasteiger partial charge in [-0.1, -0.05) is 30.3 Å². The summed E-state index contributed by atoms with van der Waals surface area (Å²) in [4.78, 5) is 35.6. The molecule has 0 radical (unpaired) electrons. The molecule has 2 aromatic carbocycles. The standard InChI is InChI=1S/C27H20N6O2/c34-26-23(21-3-1-5-24-22(21)4-2-11-29-24)13-25(31-32-26)17-6-8-20(9-7-17)30-27(35)33-15-18-10-12-28-14-19(18)16-33/h1-14,23H,15-16H2,(H,30,35). The molecule has 4 aromatic rings. The monoisotopic (exact) mass is 460 g/mol. The molecule has 6 rings (SSSR count). The van der Waals surface area contributed by atoms with Crippen molar-refractivity contribution in [3.63, 3.8) is 0 Å². The number of hydrogen-bond donors (Lipinski definition) is 1. The Morgan fingerprint density at radius 3 is 2.63 bits per heavy atom. The largest absolute Gasteiger partial charge is 0.322 e. The van der Waals surface area contributed by atoms with Gasteiger partial charge in [0.25, 0.3) is 5.91 Å². The van der Waals surface area contributed by atoms with E-state index in [4.69, 9.17) is 0 Å². The molecule has 2 aliphatic heterocycles. The maximum absolute atomic E-state index is 12.7. The van der Waals surface area contributed by atoms with Gasteiger partial charge in [0.05, 0.1) is 17.1 Å². The number of azo groups is 1. The van der Waals surface area contributed by atoms with Gasteiger partial charge in [0.15, 0.2) is 0 Å². The predicted octanol–water partition coefficient (Wildman–Crippen LogP) is 5.29. The first-order valence-electron chi connectivity index (χ1n) is 11.2. The average Bonchev–Trinajstić information content (AvgIpc) is 3.34. The van der Waals surface area contributed by atoms with Crippen LogP contribution in [0.15, 0.2) is 95.6 Å². The van der Waals surface area contributed by atoms with E-state index < -0.39 is 5.92 Å². The Morgan fingerprint density at radius 2 is 1.77 bits per heavy atom. The Balaban J connectivity index is 1.21. The summed E-state index contributed by atoms with van der Waals surface area (Å²) in [6.45, 7) is 1.10. The zero-order valence-corrected chi connectivity index (χ0v) is 18.6. The molecule has 0 bridgehead atoms. The maximum Gasteiger partial charge on any atom is 0.322 e. The summed E-state index contributed by atoms with van der Waals surface area (Å²) in [7, 11) is 0. The summed E-state index contributed by atoms with van der Waals surface area (Å²) in [6.07, 6.45) is 7.11. The second-order valence-electron chi connectivity index (χ2n) is 8.49. The average molecular weight is 460 g/mol. The number of benzene rings is 2. The topological polar surface area (TPSA) is 99.9 Å². The van der Waals surface area contributed by atoms with Crippen LogP contribution >= 0.6 is 0 Å².